The lowest BCUT2D eigenvalue weighted by Gasteiger charge is -2.19. The molecule has 1 aromatic heterocycles. The highest BCUT2D eigenvalue weighted by Crippen LogP contribution is 2.21. The molecule has 1 heterocycles. The van der Waals surface area contributed by atoms with Gasteiger partial charge in [0.2, 0.25) is 6.71 Å². The predicted molar refractivity (Wildman–Crippen MR) is 116 cm³/mol. The van der Waals surface area contributed by atoms with Crippen LogP contribution in [0.15, 0.2) is 115 Å². The molecule has 0 atom stereocenters. The number of rotatable bonds is 5. The minimum Gasteiger partial charge on any atom is -0.257 e. The number of pyridine rings is 1. The standard InChI is InChI=1S/C25H20BN/c1-4-12-21(13-5-1)25(20-24-18-10-11-19-27-24)26(22-14-6-2-7-15-22)23-16-8-3-9-17-23/h1-20H/b25-20+. The number of hydrogen-bond acceptors (Lipinski definition) is 1. The molecule has 27 heavy (non-hydrogen) atoms. The summed E-state index contributed by atoms with van der Waals surface area (Å²) >= 11 is 0. The normalized spacial score (nSPS) is 11.2. The van der Waals surface area contributed by atoms with E-state index in [0.717, 1.165) is 5.69 Å². The highest BCUT2D eigenvalue weighted by molar-refractivity contribution is 7.00. The lowest BCUT2D eigenvalue weighted by molar-refractivity contribution is 1.30. The molecule has 2 heteroatoms. The first-order valence-corrected chi connectivity index (χ1v) is 9.20. The first kappa shape index (κ1) is 17.1. The van der Waals surface area contributed by atoms with Gasteiger partial charge in [-0.05, 0) is 23.8 Å². The zero-order valence-corrected chi connectivity index (χ0v) is 15.1. The van der Waals surface area contributed by atoms with E-state index in [1.165, 1.54) is 22.0 Å². The minimum absolute atomic E-state index is 0.136. The van der Waals surface area contributed by atoms with Gasteiger partial charge in [-0.25, -0.2) is 0 Å². The van der Waals surface area contributed by atoms with E-state index in [1.807, 2.05) is 18.3 Å². The van der Waals surface area contributed by atoms with Crippen molar-refractivity contribution in [3.05, 3.63) is 127 Å². The lowest BCUT2D eigenvalue weighted by atomic mass is 9.35. The van der Waals surface area contributed by atoms with Gasteiger partial charge in [-0.1, -0.05) is 113 Å². The molecular weight excluding hydrogens is 325 g/mol. The van der Waals surface area contributed by atoms with Gasteiger partial charge in [-0.2, -0.15) is 0 Å². The molecule has 0 aliphatic rings. The molecule has 4 aromatic rings. The van der Waals surface area contributed by atoms with Crippen LogP contribution in [0.2, 0.25) is 0 Å². The van der Waals surface area contributed by atoms with E-state index >= 15 is 0 Å². The van der Waals surface area contributed by atoms with Crippen molar-refractivity contribution in [1.29, 1.82) is 0 Å². The number of hydrogen-bond donors (Lipinski definition) is 0. The van der Waals surface area contributed by atoms with Crippen molar-refractivity contribution in [3.63, 3.8) is 0 Å². The van der Waals surface area contributed by atoms with E-state index in [-0.39, 0.29) is 6.71 Å². The van der Waals surface area contributed by atoms with Crippen molar-refractivity contribution in [2.24, 2.45) is 0 Å². The van der Waals surface area contributed by atoms with Crippen molar-refractivity contribution in [3.8, 4) is 0 Å². The van der Waals surface area contributed by atoms with Gasteiger partial charge in [0.15, 0.2) is 0 Å². The van der Waals surface area contributed by atoms with Crippen molar-refractivity contribution in [1.82, 2.24) is 4.98 Å². The first-order valence-electron chi connectivity index (χ1n) is 9.20. The van der Waals surface area contributed by atoms with Crippen molar-refractivity contribution in [2.45, 2.75) is 0 Å². The Labute approximate surface area is 161 Å². The third-order valence-electron chi connectivity index (χ3n) is 4.68. The molecule has 1 nitrogen and oxygen atoms in total. The summed E-state index contributed by atoms with van der Waals surface area (Å²) < 4.78 is 0. The second kappa shape index (κ2) is 8.33. The van der Waals surface area contributed by atoms with Crippen LogP contribution in [0.5, 0.6) is 0 Å². The van der Waals surface area contributed by atoms with E-state index in [4.69, 9.17) is 0 Å². The lowest BCUT2D eigenvalue weighted by Crippen LogP contribution is -2.43. The van der Waals surface area contributed by atoms with Crippen molar-refractivity contribution < 1.29 is 0 Å². The van der Waals surface area contributed by atoms with E-state index in [2.05, 4.69) is 108 Å². The van der Waals surface area contributed by atoms with E-state index < -0.39 is 0 Å². The van der Waals surface area contributed by atoms with Crippen LogP contribution in [-0.2, 0) is 0 Å². The van der Waals surface area contributed by atoms with Crippen LogP contribution >= 0.6 is 0 Å². The Bertz CT molecular complexity index is 958. The van der Waals surface area contributed by atoms with E-state index in [1.54, 1.807) is 0 Å². The van der Waals surface area contributed by atoms with Crippen molar-refractivity contribution >= 4 is 29.2 Å². The fourth-order valence-corrected chi connectivity index (χ4v) is 3.43. The molecule has 0 aliphatic heterocycles. The Kier molecular flexibility index (Phi) is 5.26. The molecule has 0 aliphatic carbocycles. The summed E-state index contributed by atoms with van der Waals surface area (Å²) in [5.74, 6) is 0. The average Bonchev–Trinajstić information content (AvgIpc) is 2.76. The zero-order chi connectivity index (χ0) is 18.3. The molecule has 4 rings (SSSR count). The van der Waals surface area contributed by atoms with Crippen LogP contribution < -0.4 is 10.9 Å². The fraction of sp³-hybridized carbons (Fsp3) is 0. The summed E-state index contributed by atoms with van der Waals surface area (Å²) in [6.07, 6.45) is 4.05. The van der Waals surface area contributed by atoms with Gasteiger partial charge in [0.05, 0.1) is 5.69 Å². The zero-order valence-electron chi connectivity index (χ0n) is 15.1. The number of nitrogens with zero attached hydrogens (tertiary/aromatic N) is 1. The summed E-state index contributed by atoms with van der Waals surface area (Å²) in [5.41, 5.74) is 5.96. The van der Waals surface area contributed by atoms with Crippen LogP contribution in [0.25, 0.3) is 11.5 Å². The summed E-state index contributed by atoms with van der Waals surface area (Å²) in [5, 5.41) is 0. The molecule has 0 bridgehead atoms. The Hall–Kier alpha value is -3.39. The van der Waals surface area contributed by atoms with Gasteiger partial charge in [-0.15, -0.1) is 0 Å². The highest BCUT2D eigenvalue weighted by Gasteiger charge is 2.24. The van der Waals surface area contributed by atoms with Gasteiger partial charge < -0.3 is 0 Å². The van der Waals surface area contributed by atoms with Crippen LogP contribution in [0.4, 0.5) is 0 Å². The summed E-state index contributed by atoms with van der Waals surface area (Å²) in [4.78, 5) is 4.54. The van der Waals surface area contributed by atoms with Crippen LogP contribution in [0, 0.1) is 0 Å². The summed E-state index contributed by atoms with van der Waals surface area (Å²) in [6.45, 7) is 0.136. The smallest absolute Gasteiger partial charge is 0.242 e. The quantitative estimate of drug-likeness (QED) is 0.486. The van der Waals surface area contributed by atoms with Crippen LogP contribution in [0.3, 0.4) is 0 Å². The fourth-order valence-electron chi connectivity index (χ4n) is 3.43. The maximum absolute atomic E-state index is 4.54. The van der Waals surface area contributed by atoms with Gasteiger partial charge in [0.1, 0.15) is 0 Å². The Morgan fingerprint density at radius 1 is 0.593 bits per heavy atom. The monoisotopic (exact) mass is 345 g/mol. The minimum atomic E-state index is 0.136. The molecule has 0 amide bonds. The summed E-state index contributed by atoms with van der Waals surface area (Å²) in [6, 6.07) is 38.0. The molecule has 0 N–H and O–H groups in total. The van der Waals surface area contributed by atoms with Gasteiger partial charge in [-0.3, -0.25) is 4.98 Å². The van der Waals surface area contributed by atoms with Crippen LogP contribution in [0.1, 0.15) is 11.3 Å². The molecule has 0 fully saturated rings. The number of benzene rings is 3. The van der Waals surface area contributed by atoms with Crippen LogP contribution in [-0.4, -0.2) is 11.7 Å². The SMILES string of the molecule is C(=C(\B(c1ccccc1)c1ccccc1)c1ccccc1)/c1ccccn1. The third-order valence-corrected chi connectivity index (χ3v) is 4.68. The molecule has 0 spiro atoms. The van der Waals surface area contributed by atoms with Gasteiger partial charge in [0.25, 0.3) is 0 Å². The molecule has 0 saturated carbocycles. The maximum atomic E-state index is 4.54. The Balaban J connectivity index is 1.93. The topological polar surface area (TPSA) is 12.9 Å². The second-order valence-electron chi connectivity index (χ2n) is 6.47. The average molecular weight is 345 g/mol. The summed E-state index contributed by atoms with van der Waals surface area (Å²) in [7, 11) is 0. The van der Waals surface area contributed by atoms with E-state index in [9.17, 15) is 0 Å². The van der Waals surface area contributed by atoms with Crippen molar-refractivity contribution in [2.75, 3.05) is 0 Å². The molecular formula is C25H20BN. The molecule has 0 saturated heterocycles. The highest BCUT2D eigenvalue weighted by atomic mass is 14.6. The van der Waals surface area contributed by atoms with E-state index in [0.29, 0.717) is 0 Å². The maximum Gasteiger partial charge on any atom is 0.242 e. The molecule has 3 aromatic carbocycles. The Morgan fingerprint density at radius 2 is 1.11 bits per heavy atom. The molecule has 0 unspecified atom stereocenters. The number of aromatic nitrogens is 1. The van der Waals surface area contributed by atoms with Gasteiger partial charge in [0, 0.05) is 6.20 Å². The first-order chi connectivity index (χ1) is 13.4. The van der Waals surface area contributed by atoms with Gasteiger partial charge >= 0.3 is 0 Å². The molecule has 0 radical (unpaired) electrons. The largest absolute Gasteiger partial charge is 0.257 e. The molecule has 128 valence electrons. The Morgan fingerprint density at radius 3 is 1.63 bits per heavy atom. The third kappa shape index (κ3) is 4.07. The second-order valence-corrected chi connectivity index (χ2v) is 6.47. The predicted octanol–water partition coefficient (Wildman–Crippen LogP) is 4.47.